The lowest BCUT2D eigenvalue weighted by Crippen LogP contribution is -2.28. The molecule has 1 unspecified atom stereocenters. The van der Waals surface area contributed by atoms with Crippen LogP contribution in [-0.2, 0) is 4.74 Å². The summed E-state index contributed by atoms with van der Waals surface area (Å²) in [6.45, 7) is 4.38. The molecular weight excluding hydrogens is 298 g/mol. The van der Waals surface area contributed by atoms with E-state index in [0.717, 1.165) is 11.3 Å². The van der Waals surface area contributed by atoms with E-state index in [9.17, 15) is 4.79 Å². The SMILES string of the molecule is COC(CNC(=O)c1ccc(OC(C)C)cc1)c1ccsc1. The van der Waals surface area contributed by atoms with Crippen LogP contribution >= 0.6 is 11.3 Å². The molecule has 0 saturated carbocycles. The summed E-state index contributed by atoms with van der Waals surface area (Å²) in [6, 6.07) is 9.14. The van der Waals surface area contributed by atoms with E-state index in [-0.39, 0.29) is 18.1 Å². The molecule has 4 nitrogen and oxygen atoms in total. The van der Waals surface area contributed by atoms with Gasteiger partial charge in [-0.15, -0.1) is 0 Å². The minimum atomic E-state index is -0.126. The third-order valence-corrected chi connectivity index (χ3v) is 3.84. The summed E-state index contributed by atoms with van der Waals surface area (Å²) in [5, 5.41) is 6.92. The molecule has 0 fully saturated rings. The number of amides is 1. The number of thiophene rings is 1. The van der Waals surface area contributed by atoms with Gasteiger partial charge in [-0.05, 0) is 60.5 Å². The highest BCUT2D eigenvalue weighted by atomic mass is 32.1. The highest BCUT2D eigenvalue weighted by Gasteiger charge is 2.13. The van der Waals surface area contributed by atoms with Crippen LogP contribution in [0.25, 0.3) is 0 Å². The van der Waals surface area contributed by atoms with Crippen LogP contribution in [0.1, 0.15) is 35.9 Å². The second kappa shape index (κ2) is 7.96. The molecule has 0 spiro atoms. The van der Waals surface area contributed by atoms with E-state index in [0.29, 0.717) is 12.1 Å². The van der Waals surface area contributed by atoms with Crippen molar-refractivity contribution in [3.05, 3.63) is 52.2 Å². The first-order chi connectivity index (χ1) is 10.6. The number of nitrogens with one attached hydrogen (secondary N) is 1. The summed E-state index contributed by atoms with van der Waals surface area (Å²) in [5.74, 6) is 0.646. The molecule has 1 heterocycles. The van der Waals surface area contributed by atoms with Crippen LogP contribution in [0.3, 0.4) is 0 Å². The van der Waals surface area contributed by atoms with Crippen LogP contribution in [0.2, 0.25) is 0 Å². The van der Waals surface area contributed by atoms with Gasteiger partial charge < -0.3 is 14.8 Å². The van der Waals surface area contributed by atoms with Crippen molar-refractivity contribution in [2.24, 2.45) is 0 Å². The second-order valence-electron chi connectivity index (χ2n) is 5.18. The molecule has 0 bridgehead atoms. The molecule has 0 saturated heterocycles. The fraction of sp³-hybridized carbons (Fsp3) is 0.353. The van der Waals surface area contributed by atoms with Gasteiger partial charge in [0.1, 0.15) is 11.9 Å². The number of rotatable bonds is 7. The van der Waals surface area contributed by atoms with E-state index < -0.39 is 0 Å². The molecule has 2 aromatic rings. The lowest BCUT2D eigenvalue weighted by molar-refractivity contribution is 0.0829. The maximum Gasteiger partial charge on any atom is 0.251 e. The van der Waals surface area contributed by atoms with E-state index in [2.05, 4.69) is 5.32 Å². The topological polar surface area (TPSA) is 47.6 Å². The molecule has 1 aromatic carbocycles. The van der Waals surface area contributed by atoms with Gasteiger partial charge in [0.2, 0.25) is 0 Å². The van der Waals surface area contributed by atoms with E-state index in [1.807, 2.05) is 42.8 Å². The van der Waals surface area contributed by atoms with Crippen molar-refractivity contribution in [1.29, 1.82) is 0 Å². The minimum Gasteiger partial charge on any atom is -0.491 e. The van der Waals surface area contributed by atoms with Gasteiger partial charge in [0.25, 0.3) is 5.91 Å². The second-order valence-corrected chi connectivity index (χ2v) is 5.96. The highest BCUT2D eigenvalue weighted by molar-refractivity contribution is 7.07. The number of methoxy groups -OCH3 is 1. The standard InChI is InChI=1S/C17H21NO3S/c1-12(2)21-15-6-4-13(5-7-15)17(19)18-10-16(20-3)14-8-9-22-11-14/h4-9,11-12,16H,10H2,1-3H3,(H,18,19). The zero-order valence-electron chi connectivity index (χ0n) is 13.0. The number of hydrogen-bond donors (Lipinski definition) is 1. The normalized spacial score (nSPS) is 12.2. The Balaban J connectivity index is 1.91. The van der Waals surface area contributed by atoms with Gasteiger partial charge in [0.15, 0.2) is 0 Å². The van der Waals surface area contributed by atoms with Crippen LogP contribution in [0.4, 0.5) is 0 Å². The lowest BCUT2D eigenvalue weighted by Gasteiger charge is -2.15. The van der Waals surface area contributed by atoms with Gasteiger partial charge in [-0.2, -0.15) is 11.3 Å². The molecule has 0 aliphatic rings. The van der Waals surface area contributed by atoms with Gasteiger partial charge in [-0.3, -0.25) is 4.79 Å². The summed E-state index contributed by atoms with van der Waals surface area (Å²) in [6.07, 6.45) is -0.00787. The van der Waals surface area contributed by atoms with Gasteiger partial charge in [0, 0.05) is 19.2 Å². The third kappa shape index (κ3) is 4.58. The Hall–Kier alpha value is -1.85. The summed E-state index contributed by atoms with van der Waals surface area (Å²) in [7, 11) is 1.65. The van der Waals surface area contributed by atoms with E-state index >= 15 is 0 Å². The molecule has 1 aromatic heterocycles. The van der Waals surface area contributed by atoms with E-state index in [1.54, 1.807) is 30.6 Å². The molecule has 1 amide bonds. The predicted molar refractivity (Wildman–Crippen MR) is 88.6 cm³/mol. The summed E-state index contributed by atoms with van der Waals surface area (Å²) >= 11 is 1.61. The summed E-state index contributed by atoms with van der Waals surface area (Å²) in [4.78, 5) is 12.2. The molecule has 0 aliphatic heterocycles. The third-order valence-electron chi connectivity index (χ3n) is 3.14. The first-order valence-corrected chi connectivity index (χ1v) is 8.14. The molecule has 1 atom stereocenters. The largest absolute Gasteiger partial charge is 0.491 e. The molecule has 2 rings (SSSR count). The van der Waals surface area contributed by atoms with Crippen molar-refractivity contribution in [2.45, 2.75) is 26.1 Å². The van der Waals surface area contributed by atoms with Gasteiger partial charge in [0.05, 0.1) is 6.10 Å². The number of benzene rings is 1. The zero-order chi connectivity index (χ0) is 15.9. The van der Waals surface area contributed by atoms with Crippen LogP contribution in [-0.4, -0.2) is 25.7 Å². The van der Waals surface area contributed by atoms with Crippen molar-refractivity contribution in [1.82, 2.24) is 5.32 Å². The van der Waals surface area contributed by atoms with E-state index in [4.69, 9.17) is 9.47 Å². The Morgan fingerprint density at radius 3 is 2.50 bits per heavy atom. The molecule has 118 valence electrons. The quantitative estimate of drug-likeness (QED) is 0.847. The summed E-state index contributed by atoms with van der Waals surface area (Å²) < 4.78 is 11.0. The highest BCUT2D eigenvalue weighted by Crippen LogP contribution is 2.19. The van der Waals surface area contributed by atoms with Crippen molar-refractivity contribution in [3.8, 4) is 5.75 Å². The predicted octanol–water partition coefficient (Wildman–Crippen LogP) is 3.65. The van der Waals surface area contributed by atoms with Gasteiger partial charge in [-0.25, -0.2) is 0 Å². The molecule has 5 heteroatoms. The van der Waals surface area contributed by atoms with Crippen LogP contribution < -0.4 is 10.1 Å². The minimum absolute atomic E-state index is 0.117. The Bertz CT molecular complexity index is 578. The van der Waals surface area contributed by atoms with Gasteiger partial charge >= 0.3 is 0 Å². The monoisotopic (exact) mass is 319 g/mol. The van der Waals surface area contributed by atoms with E-state index in [1.165, 1.54) is 0 Å². The molecule has 0 radical (unpaired) electrons. The number of carbonyl (C=O) groups is 1. The van der Waals surface area contributed by atoms with Crippen LogP contribution in [0.15, 0.2) is 41.1 Å². The molecule has 22 heavy (non-hydrogen) atoms. The number of ether oxygens (including phenoxy) is 2. The Labute approximate surface area is 135 Å². The number of carbonyl (C=O) groups excluding carboxylic acids is 1. The smallest absolute Gasteiger partial charge is 0.251 e. The average Bonchev–Trinajstić information content (AvgIpc) is 3.02. The Morgan fingerprint density at radius 1 is 1.23 bits per heavy atom. The van der Waals surface area contributed by atoms with Crippen molar-refractivity contribution >= 4 is 17.2 Å². The van der Waals surface area contributed by atoms with Crippen molar-refractivity contribution < 1.29 is 14.3 Å². The first-order valence-electron chi connectivity index (χ1n) is 7.20. The van der Waals surface area contributed by atoms with Crippen molar-refractivity contribution in [3.63, 3.8) is 0 Å². The fourth-order valence-electron chi connectivity index (χ4n) is 2.04. The number of hydrogen-bond acceptors (Lipinski definition) is 4. The maximum absolute atomic E-state index is 12.2. The fourth-order valence-corrected chi connectivity index (χ4v) is 2.74. The molecule has 1 N–H and O–H groups in total. The average molecular weight is 319 g/mol. The van der Waals surface area contributed by atoms with Crippen LogP contribution in [0.5, 0.6) is 5.75 Å². The summed E-state index contributed by atoms with van der Waals surface area (Å²) in [5.41, 5.74) is 1.68. The van der Waals surface area contributed by atoms with Crippen LogP contribution in [0, 0.1) is 0 Å². The lowest BCUT2D eigenvalue weighted by atomic mass is 10.1. The van der Waals surface area contributed by atoms with Gasteiger partial charge in [-0.1, -0.05) is 0 Å². The first kappa shape index (κ1) is 16.5. The zero-order valence-corrected chi connectivity index (χ0v) is 13.9. The molecular formula is C17H21NO3S. The molecule has 0 aliphatic carbocycles. The van der Waals surface area contributed by atoms with Crippen molar-refractivity contribution in [2.75, 3.05) is 13.7 Å². The Kier molecular flexibility index (Phi) is 5.98. The maximum atomic E-state index is 12.2. The Morgan fingerprint density at radius 2 is 1.95 bits per heavy atom.